The second-order valence-electron chi connectivity index (χ2n) is 4.52. The van der Waals surface area contributed by atoms with Crippen molar-refractivity contribution in [1.82, 2.24) is 0 Å². The van der Waals surface area contributed by atoms with Crippen LogP contribution in [0.1, 0.15) is 33.6 Å². The molecule has 0 amide bonds. The monoisotopic (exact) mass is 226 g/mol. The lowest BCUT2D eigenvalue weighted by Crippen LogP contribution is -2.34. The second-order valence-corrected chi connectivity index (χ2v) is 4.52. The molecule has 1 saturated heterocycles. The first-order valence-electron chi connectivity index (χ1n) is 5.80. The number of aliphatic hydroxyl groups is 1. The van der Waals surface area contributed by atoms with E-state index in [0.717, 1.165) is 12.8 Å². The molecule has 0 spiro atoms. The maximum absolute atomic E-state index is 9.19. The molecule has 1 rings (SSSR count). The van der Waals surface area contributed by atoms with Gasteiger partial charge in [0.2, 0.25) is 0 Å². The summed E-state index contributed by atoms with van der Waals surface area (Å²) < 4.78 is 10.6. The van der Waals surface area contributed by atoms with Crippen LogP contribution in [-0.2, 0) is 9.47 Å². The topological polar surface area (TPSA) is 38.7 Å². The third-order valence-electron chi connectivity index (χ3n) is 2.42. The highest BCUT2D eigenvalue weighted by Gasteiger charge is 2.18. The van der Waals surface area contributed by atoms with Crippen LogP contribution in [0.15, 0.2) is 23.3 Å². The van der Waals surface area contributed by atoms with E-state index < -0.39 is 6.10 Å². The van der Waals surface area contributed by atoms with E-state index in [4.69, 9.17) is 9.47 Å². The third kappa shape index (κ3) is 5.45. The van der Waals surface area contributed by atoms with Crippen molar-refractivity contribution in [2.45, 2.75) is 46.0 Å². The van der Waals surface area contributed by atoms with Crippen molar-refractivity contribution in [3.8, 4) is 0 Å². The molecule has 3 nitrogen and oxygen atoms in total. The molecule has 92 valence electrons. The van der Waals surface area contributed by atoms with Gasteiger partial charge in [-0.1, -0.05) is 17.2 Å². The highest BCUT2D eigenvalue weighted by Crippen LogP contribution is 2.12. The SMILES string of the molecule is CC(C)=CCCC(C)=CC1OCC(O)CO1. The summed E-state index contributed by atoms with van der Waals surface area (Å²) in [4.78, 5) is 0. The Kier molecular flexibility index (Phi) is 5.74. The minimum Gasteiger partial charge on any atom is -0.388 e. The van der Waals surface area contributed by atoms with Crippen LogP contribution in [0, 0.1) is 0 Å². The summed E-state index contributed by atoms with van der Waals surface area (Å²) in [5, 5.41) is 9.19. The predicted octanol–water partition coefficient (Wildman–Crippen LogP) is 2.41. The number of allylic oxidation sites excluding steroid dienone is 3. The smallest absolute Gasteiger partial charge is 0.177 e. The molecule has 1 fully saturated rings. The fraction of sp³-hybridized carbons (Fsp3) is 0.692. The maximum atomic E-state index is 9.19. The van der Waals surface area contributed by atoms with E-state index in [-0.39, 0.29) is 6.29 Å². The number of aliphatic hydroxyl groups excluding tert-OH is 1. The summed E-state index contributed by atoms with van der Waals surface area (Å²) >= 11 is 0. The van der Waals surface area contributed by atoms with E-state index in [0.29, 0.717) is 13.2 Å². The lowest BCUT2D eigenvalue weighted by molar-refractivity contribution is -0.193. The minimum atomic E-state index is -0.476. The van der Waals surface area contributed by atoms with E-state index in [1.54, 1.807) is 0 Å². The molecule has 0 aromatic carbocycles. The van der Waals surface area contributed by atoms with E-state index in [1.807, 2.05) is 6.08 Å². The predicted molar refractivity (Wildman–Crippen MR) is 64.1 cm³/mol. The molecule has 1 aliphatic heterocycles. The average Bonchev–Trinajstić information content (AvgIpc) is 2.21. The quantitative estimate of drug-likeness (QED) is 0.748. The van der Waals surface area contributed by atoms with Gasteiger partial charge < -0.3 is 14.6 Å². The minimum absolute atomic E-state index is 0.282. The van der Waals surface area contributed by atoms with Crippen LogP contribution in [0.4, 0.5) is 0 Å². The third-order valence-corrected chi connectivity index (χ3v) is 2.42. The van der Waals surface area contributed by atoms with Crippen LogP contribution in [0.3, 0.4) is 0 Å². The Balaban J connectivity index is 2.29. The standard InChI is InChI=1S/C13H22O3/c1-10(2)5-4-6-11(3)7-13-15-8-12(14)9-16-13/h5,7,12-14H,4,6,8-9H2,1-3H3. The Bertz CT molecular complexity index is 256. The zero-order chi connectivity index (χ0) is 12.0. The number of rotatable bonds is 4. The maximum Gasteiger partial charge on any atom is 0.177 e. The van der Waals surface area contributed by atoms with E-state index in [1.165, 1.54) is 11.1 Å². The molecule has 0 unspecified atom stereocenters. The fourth-order valence-electron chi connectivity index (χ4n) is 1.51. The zero-order valence-electron chi connectivity index (χ0n) is 10.4. The summed E-state index contributed by atoms with van der Waals surface area (Å²) in [5.41, 5.74) is 2.61. The van der Waals surface area contributed by atoms with Gasteiger partial charge in [0, 0.05) is 0 Å². The van der Waals surface area contributed by atoms with Crippen LogP contribution < -0.4 is 0 Å². The van der Waals surface area contributed by atoms with Gasteiger partial charge >= 0.3 is 0 Å². The Hall–Kier alpha value is -0.640. The van der Waals surface area contributed by atoms with Crippen LogP contribution in [0.5, 0.6) is 0 Å². The molecule has 0 aliphatic carbocycles. The summed E-state index contributed by atoms with van der Waals surface area (Å²) in [7, 11) is 0. The van der Waals surface area contributed by atoms with Gasteiger partial charge in [-0.25, -0.2) is 0 Å². The van der Waals surface area contributed by atoms with Gasteiger partial charge in [-0.05, 0) is 39.7 Å². The molecule has 1 aliphatic rings. The van der Waals surface area contributed by atoms with Crippen molar-refractivity contribution in [3.63, 3.8) is 0 Å². The summed E-state index contributed by atoms with van der Waals surface area (Å²) in [6.07, 6.45) is 5.54. The van der Waals surface area contributed by atoms with Gasteiger partial charge in [-0.3, -0.25) is 0 Å². The molecule has 0 radical (unpaired) electrons. The Labute approximate surface area is 97.8 Å². The number of hydrogen-bond acceptors (Lipinski definition) is 3. The molecule has 0 aromatic heterocycles. The Morgan fingerprint density at radius 3 is 2.44 bits per heavy atom. The van der Waals surface area contributed by atoms with Crippen LogP contribution >= 0.6 is 0 Å². The van der Waals surface area contributed by atoms with Crippen molar-refractivity contribution in [2.24, 2.45) is 0 Å². The Morgan fingerprint density at radius 2 is 1.88 bits per heavy atom. The van der Waals surface area contributed by atoms with Crippen LogP contribution in [0.2, 0.25) is 0 Å². The van der Waals surface area contributed by atoms with E-state index in [9.17, 15) is 5.11 Å². The molecule has 16 heavy (non-hydrogen) atoms. The van der Waals surface area contributed by atoms with Gasteiger partial charge in [0.1, 0.15) is 6.10 Å². The van der Waals surface area contributed by atoms with E-state index in [2.05, 4.69) is 26.8 Å². The number of hydrogen-bond donors (Lipinski definition) is 1. The van der Waals surface area contributed by atoms with Gasteiger partial charge in [0.05, 0.1) is 13.2 Å². The molecule has 0 aromatic rings. The molecule has 0 atom stereocenters. The largest absolute Gasteiger partial charge is 0.388 e. The van der Waals surface area contributed by atoms with Gasteiger partial charge in [-0.15, -0.1) is 0 Å². The summed E-state index contributed by atoms with van der Waals surface area (Å²) in [6.45, 7) is 7.02. The van der Waals surface area contributed by atoms with Crippen LogP contribution in [0.25, 0.3) is 0 Å². The van der Waals surface area contributed by atoms with Gasteiger partial charge in [-0.2, -0.15) is 0 Å². The second kappa shape index (κ2) is 6.84. The zero-order valence-corrected chi connectivity index (χ0v) is 10.4. The van der Waals surface area contributed by atoms with E-state index >= 15 is 0 Å². The summed E-state index contributed by atoms with van der Waals surface area (Å²) in [5.74, 6) is 0. The van der Waals surface area contributed by atoms with Crippen molar-refractivity contribution in [2.75, 3.05) is 13.2 Å². The normalized spacial score (nSPS) is 26.6. The van der Waals surface area contributed by atoms with Gasteiger partial charge in [0.15, 0.2) is 6.29 Å². The number of ether oxygens (including phenoxy) is 2. The molecular formula is C13H22O3. The highest BCUT2D eigenvalue weighted by molar-refractivity contribution is 5.03. The molecule has 3 heteroatoms. The average molecular weight is 226 g/mol. The van der Waals surface area contributed by atoms with Crippen molar-refractivity contribution >= 4 is 0 Å². The fourth-order valence-corrected chi connectivity index (χ4v) is 1.51. The van der Waals surface area contributed by atoms with Crippen LogP contribution in [-0.4, -0.2) is 30.7 Å². The molecule has 0 bridgehead atoms. The summed E-state index contributed by atoms with van der Waals surface area (Å²) in [6, 6.07) is 0. The van der Waals surface area contributed by atoms with Crippen molar-refractivity contribution in [3.05, 3.63) is 23.3 Å². The first-order chi connectivity index (χ1) is 7.58. The highest BCUT2D eigenvalue weighted by atomic mass is 16.7. The molecule has 0 saturated carbocycles. The first kappa shape index (κ1) is 13.4. The van der Waals surface area contributed by atoms with Gasteiger partial charge in [0.25, 0.3) is 0 Å². The Morgan fingerprint density at radius 1 is 1.25 bits per heavy atom. The first-order valence-corrected chi connectivity index (χ1v) is 5.80. The molecule has 1 N–H and O–H groups in total. The molecular weight excluding hydrogens is 204 g/mol. The lowest BCUT2D eigenvalue weighted by atomic mass is 10.1. The van der Waals surface area contributed by atoms with Crippen molar-refractivity contribution in [1.29, 1.82) is 0 Å². The lowest BCUT2D eigenvalue weighted by Gasteiger charge is -2.24. The molecule has 1 heterocycles. The van der Waals surface area contributed by atoms with Crippen molar-refractivity contribution < 1.29 is 14.6 Å².